The van der Waals surface area contributed by atoms with Gasteiger partial charge >= 0.3 is 0 Å². The van der Waals surface area contributed by atoms with Crippen LogP contribution in [-0.4, -0.2) is 26.7 Å². The van der Waals surface area contributed by atoms with E-state index >= 15 is 0 Å². The van der Waals surface area contributed by atoms with Crippen LogP contribution in [0.4, 0.5) is 5.69 Å². The lowest BCUT2D eigenvalue weighted by molar-refractivity contribution is 0.335. The van der Waals surface area contributed by atoms with Gasteiger partial charge < -0.3 is 10.2 Å². The fraction of sp³-hybridized carbons (Fsp3) is 0.625. The van der Waals surface area contributed by atoms with E-state index in [0.29, 0.717) is 0 Å². The van der Waals surface area contributed by atoms with Crippen LogP contribution in [0.15, 0.2) is 18.2 Å². The molecule has 0 radical (unpaired) electrons. The molecule has 0 saturated carbocycles. The minimum Gasteiger partial charge on any atom is -0.374 e. The van der Waals surface area contributed by atoms with E-state index in [1.165, 1.54) is 50.1 Å². The van der Waals surface area contributed by atoms with E-state index in [4.69, 9.17) is 0 Å². The minimum absolute atomic E-state index is 0.757. The van der Waals surface area contributed by atoms with Crippen molar-refractivity contribution in [2.75, 3.05) is 31.6 Å². The molecule has 98 valence electrons. The lowest BCUT2D eigenvalue weighted by Crippen LogP contribution is -2.29. The van der Waals surface area contributed by atoms with Crippen LogP contribution in [0.25, 0.3) is 0 Å². The SMILES string of the molecule is Cc1ccc2c(c1)C(CC1CCNCC1)CN2C. The number of nitrogens with one attached hydrogen (secondary N) is 1. The van der Waals surface area contributed by atoms with E-state index in [-0.39, 0.29) is 0 Å². The highest BCUT2D eigenvalue weighted by Gasteiger charge is 2.28. The Balaban J connectivity index is 1.76. The maximum atomic E-state index is 3.47. The van der Waals surface area contributed by atoms with E-state index in [2.05, 4.69) is 42.4 Å². The van der Waals surface area contributed by atoms with E-state index in [1.807, 2.05) is 0 Å². The summed E-state index contributed by atoms with van der Waals surface area (Å²) in [6.45, 7) is 5.85. The van der Waals surface area contributed by atoms with Crippen LogP contribution in [-0.2, 0) is 0 Å². The first-order valence-electron chi connectivity index (χ1n) is 7.26. The minimum atomic E-state index is 0.757. The Kier molecular flexibility index (Phi) is 3.29. The Morgan fingerprint density at radius 2 is 2.06 bits per heavy atom. The van der Waals surface area contributed by atoms with Crippen molar-refractivity contribution in [3.63, 3.8) is 0 Å². The second kappa shape index (κ2) is 4.93. The number of fused-ring (bicyclic) bond motifs is 1. The van der Waals surface area contributed by atoms with E-state index < -0.39 is 0 Å². The van der Waals surface area contributed by atoms with Gasteiger partial charge in [0.05, 0.1) is 0 Å². The molecule has 0 aromatic heterocycles. The van der Waals surface area contributed by atoms with Gasteiger partial charge in [0.1, 0.15) is 0 Å². The number of aryl methyl sites for hydroxylation is 1. The third kappa shape index (κ3) is 2.26. The molecule has 1 aromatic carbocycles. The van der Waals surface area contributed by atoms with Crippen molar-refractivity contribution in [3.8, 4) is 0 Å². The third-order valence-electron chi connectivity index (χ3n) is 4.60. The summed E-state index contributed by atoms with van der Waals surface area (Å²) >= 11 is 0. The standard InChI is InChI=1S/C16H24N2/c1-12-3-4-16-15(9-12)14(11-18(16)2)10-13-5-7-17-8-6-13/h3-4,9,13-14,17H,5-8,10-11H2,1-2H3. The van der Waals surface area contributed by atoms with Crippen LogP contribution < -0.4 is 10.2 Å². The summed E-state index contributed by atoms with van der Waals surface area (Å²) in [7, 11) is 2.23. The van der Waals surface area contributed by atoms with Crippen molar-refractivity contribution in [1.82, 2.24) is 5.32 Å². The van der Waals surface area contributed by atoms with E-state index in [1.54, 1.807) is 5.56 Å². The molecule has 2 heterocycles. The number of likely N-dealkylation sites (N-methyl/N-ethyl adjacent to an activating group) is 1. The van der Waals surface area contributed by atoms with Crippen LogP contribution in [0.3, 0.4) is 0 Å². The Hall–Kier alpha value is -1.02. The first-order valence-corrected chi connectivity index (χ1v) is 7.26. The second-order valence-electron chi connectivity index (χ2n) is 6.07. The van der Waals surface area contributed by atoms with Crippen molar-refractivity contribution >= 4 is 5.69 Å². The quantitative estimate of drug-likeness (QED) is 0.860. The summed E-state index contributed by atoms with van der Waals surface area (Å²) < 4.78 is 0. The molecule has 0 amide bonds. The molecule has 2 heteroatoms. The first-order chi connectivity index (χ1) is 8.74. The zero-order chi connectivity index (χ0) is 12.5. The number of nitrogens with zero attached hydrogens (tertiary/aromatic N) is 1. The molecular weight excluding hydrogens is 220 g/mol. The summed E-state index contributed by atoms with van der Waals surface area (Å²) in [5, 5.41) is 3.47. The molecule has 0 bridgehead atoms. The van der Waals surface area contributed by atoms with Gasteiger partial charge in [-0.2, -0.15) is 0 Å². The number of benzene rings is 1. The summed E-state index contributed by atoms with van der Waals surface area (Å²) in [5.41, 5.74) is 4.45. The summed E-state index contributed by atoms with van der Waals surface area (Å²) in [6, 6.07) is 6.94. The normalized spacial score (nSPS) is 24.3. The summed E-state index contributed by atoms with van der Waals surface area (Å²) in [6.07, 6.45) is 4.10. The Morgan fingerprint density at radius 3 is 2.83 bits per heavy atom. The molecule has 2 aliphatic rings. The van der Waals surface area contributed by atoms with Crippen molar-refractivity contribution in [2.45, 2.75) is 32.1 Å². The molecule has 1 aromatic rings. The predicted molar refractivity (Wildman–Crippen MR) is 77.4 cm³/mol. The van der Waals surface area contributed by atoms with Gasteiger partial charge in [-0.25, -0.2) is 0 Å². The lowest BCUT2D eigenvalue weighted by Gasteiger charge is -2.25. The molecule has 2 nitrogen and oxygen atoms in total. The molecule has 1 unspecified atom stereocenters. The smallest absolute Gasteiger partial charge is 0.0400 e. The van der Waals surface area contributed by atoms with Crippen LogP contribution in [0, 0.1) is 12.8 Å². The number of rotatable bonds is 2. The van der Waals surface area contributed by atoms with Gasteiger partial charge in [-0.3, -0.25) is 0 Å². The van der Waals surface area contributed by atoms with Crippen LogP contribution >= 0.6 is 0 Å². The van der Waals surface area contributed by atoms with Gasteiger partial charge in [-0.05, 0) is 56.8 Å². The molecule has 3 rings (SSSR count). The number of hydrogen-bond acceptors (Lipinski definition) is 2. The van der Waals surface area contributed by atoms with E-state index in [9.17, 15) is 0 Å². The van der Waals surface area contributed by atoms with Crippen molar-refractivity contribution in [1.29, 1.82) is 0 Å². The van der Waals surface area contributed by atoms with Crippen molar-refractivity contribution in [2.24, 2.45) is 5.92 Å². The predicted octanol–water partition coefficient (Wildman–Crippen LogP) is 2.92. The van der Waals surface area contributed by atoms with Gasteiger partial charge in [0.15, 0.2) is 0 Å². The summed E-state index contributed by atoms with van der Waals surface area (Å²) in [4.78, 5) is 2.43. The molecule has 18 heavy (non-hydrogen) atoms. The fourth-order valence-electron chi connectivity index (χ4n) is 3.60. The van der Waals surface area contributed by atoms with Crippen LogP contribution in [0.1, 0.15) is 36.3 Å². The van der Waals surface area contributed by atoms with Crippen LogP contribution in [0.2, 0.25) is 0 Å². The Labute approximate surface area is 110 Å². The zero-order valence-electron chi connectivity index (χ0n) is 11.6. The lowest BCUT2D eigenvalue weighted by atomic mass is 9.85. The highest BCUT2D eigenvalue weighted by Crippen LogP contribution is 2.40. The molecule has 1 N–H and O–H groups in total. The van der Waals surface area contributed by atoms with Gasteiger partial charge in [-0.1, -0.05) is 17.7 Å². The maximum absolute atomic E-state index is 3.47. The maximum Gasteiger partial charge on any atom is 0.0400 e. The molecule has 0 aliphatic carbocycles. The van der Waals surface area contributed by atoms with E-state index in [0.717, 1.165) is 11.8 Å². The third-order valence-corrected chi connectivity index (χ3v) is 4.60. The molecule has 1 saturated heterocycles. The van der Waals surface area contributed by atoms with Gasteiger partial charge in [0, 0.05) is 25.2 Å². The number of anilines is 1. The summed E-state index contributed by atoms with van der Waals surface area (Å²) in [5.74, 6) is 1.68. The topological polar surface area (TPSA) is 15.3 Å². The molecule has 1 fully saturated rings. The number of hydrogen-bond donors (Lipinski definition) is 1. The highest BCUT2D eigenvalue weighted by molar-refractivity contribution is 5.60. The van der Waals surface area contributed by atoms with Gasteiger partial charge in [-0.15, -0.1) is 0 Å². The molecule has 2 aliphatic heterocycles. The average Bonchev–Trinajstić information content (AvgIpc) is 2.67. The molecular formula is C16H24N2. The first kappa shape index (κ1) is 12.0. The van der Waals surface area contributed by atoms with Gasteiger partial charge in [0.25, 0.3) is 0 Å². The van der Waals surface area contributed by atoms with Gasteiger partial charge in [0.2, 0.25) is 0 Å². The van der Waals surface area contributed by atoms with Crippen LogP contribution in [0.5, 0.6) is 0 Å². The fourth-order valence-corrected chi connectivity index (χ4v) is 3.60. The second-order valence-corrected chi connectivity index (χ2v) is 6.07. The highest BCUT2D eigenvalue weighted by atomic mass is 15.1. The monoisotopic (exact) mass is 244 g/mol. The van der Waals surface area contributed by atoms with Crippen molar-refractivity contribution in [3.05, 3.63) is 29.3 Å². The largest absolute Gasteiger partial charge is 0.374 e. The molecule has 0 spiro atoms. The van der Waals surface area contributed by atoms with Crippen molar-refractivity contribution < 1.29 is 0 Å². The number of piperidine rings is 1. The Bertz CT molecular complexity index is 421. The molecule has 1 atom stereocenters. The Morgan fingerprint density at radius 1 is 1.28 bits per heavy atom. The zero-order valence-corrected chi connectivity index (χ0v) is 11.6. The average molecular weight is 244 g/mol.